The molecule has 1 saturated carbocycles. The van der Waals surface area contributed by atoms with Gasteiger partial charge in [0.2, 0.25) is 0 Å². The first kappa shape index (κ1) is 16.8. The van der Waals surface area contributed by atoms with Crippen LogP contribution in [0, 0.1) is 29.6 Å². The molecule has 21 heavy (non-hydrogen) atoms. The summed E-state index contributed by atoms with van der Waals surface area (Å²) >= 11 is 0. The molecule has 1 fully saturated rings. The molecule has 0 amide bonds. The molecule has 0 aromatic carbocycles. The minimum absolute atomic E-state index is 0.795. The third kappa shape index (κ3) is 4.47. The smallest absolute Gasteiger partial charge is 0.0166 e. The zero-order chi connectivity index (χ0) is 15.2. The van der Waals surface area contributed by atoms with Gasteiger partial charge in [0.05, 0.1) is 0 Å². The van der Waals surface area contributed by atoms with Gasteiger partial charge < -0.3 is 0 Å². The lowest BCUT2D eigenvalue weighted by Gasteiger charge is -2.24. The van der Waals surface area contributed by atoms with E-state index in [0.717, 1.165) is 29.6 Å². The largest absolute Gasteiger partial charge is 0.0845 e. The van der Waals surface area contributed by atoms with Crippen LogP contribution in [0.15, 0.2) is 23.8 Å². The van der Waals surface area contributed by atoms with Gasteiger partial charge in [-0.2, -0.15) is 0 Å². The average Bonchev–Trinajstić information content (AvgIpc) is 2.77. The van der Waals surface area contributed by atoms with Crippen LogP contribution in [0.25, 0.3) is 0 Å². The second kappa shape index (κ2) is 8.20. The standard InChI is InChI=1S/C21H36/c1-16(2)20-15-21(17(3)4)19-14-12-10-8-6-5-7-9-11-13-18(19)20/h9,11,13,16-17,19-21H,5-8,10,12,14-15H2,1-4H3/b11-9-,18-13+. The molecule has 0 N–H and O–H groups in total. The first-order valence-electron chi connectivity index (χ1n) is 9.48. The van der Waals surface area contributed by atoms with Crippen molar-refractivity contribution in [3.63, 3.8) is 0 Å². The number of hydrogen-bond acceptors (Lipinski definition) is 0. The molecule has 0 bridgehead atoms. The summed E-state index contributed by atoms with van der Waals surface area (Å²) in [4.78, 5) is 0. The predicted molar refractivity (Wildman–Crippen MR) is 94.3 cm³/mol. The minimum Gasteiger partial charge on any atom is -0.0845 e. The van der Waals surface area contributed by atoms with E-state index in [9.17, 15) is 0 Å². The van der Waals surface area contributed by atoms with Gasteiger partial charge in [-0.25, -0.2) is 0 Å². The highest BCUT2D eigenvalue weighted by Gasteiger charge is 2.40. The normalized spacial score (nSPS) is 35.7. The molecule has 3 atom stereocenters. The predicted octanol–water partition coefficient (Wildman–Crippen LogP) is 6.78. The number of rotatable bonds is 2. The average molecular weight is 289 g/mol. The summed E-state index contributed by atoms with van der Waals surface area (Å²) < 4.78 is 0. The van der Waals surface area contributed by atoms with Crippen LogP contribution in [-0.4, -0.2) is 0 Å². The summed E-state index contributed by atoms with van der Waals surface area (Å²) in [7, 11) is 0. The Balaban J connectivity index is 2.23. The van der Waals surface area contributed by atoms with E-state index >= 15 is 0 Å². The summed E-state index contributed by atoms with van der Waals surface area (Å²) in [5, 5.41) is 0. The first-order valence-corrected chi connectivity index (χ1v) is 9.48. The van der Waals surface area contributed by atoms with Crippen molar-refractivity contribution >= 4 is 0 Å². The van der Waals surface area contributed by atoms with E-state index in [-0.39, 0.29) is 0 Å². The summed E-state index contributed by atoms with van der Waals surface area (Å²) in [6.45, 7) is 9.73. The highest BCUT2D eigenvalue weighted by molar-refractivity contribution is 5.24. The molecule has 0 nitrogen and oxygen atoms in total. The second-order valence-electron chi connectivity index (χ2n) is 8.04. The van der Waals surface area contributed by atoms with Crippen molar-refractivity contribution in [2.24, 2.45) is 29.6 Å². The van der Waals surface area contributed by atoms with Crippen LogP contribution in [0.5, 0.6) is 0 Å². The molecule has 0 radical (unpaired) electrons. The quantitative estimate of drug-likeness (QED) is 0.525. The third-order valence-corrected chi connectivity index (χ3v) is 5.87. The monoisotopic (exact) mass is 288 g/mol. The van der Waals surface area contributed by atoms with Crippen molar-refractivity contribution in [1.82, 2.24) is 0 Å². The van der Waals surface area contributed by atoms with Crippen LogP contribution in [0.3, 0.4) is 0 Å². The van der Waals surface area contributed by atoms with Gasteiger partial charge in [-0.3, -0.25) is 0 Å². The first-order chi connectivity index (χ1) is 10.1. The Bertz CT molecular complexity index is 358. The molecule has 0 aromatic heterocycles. The van der Waals surface area contributed by atoms with E-state index < -0.39 is 0 Å². The topological polar surface area (TPSA) is 0 Å². The summed E-state index contributed by atoms with van der Waals surface area (Å²) in [5.41, 5.74) is 1.79. The van der Waals surface area contributed by atoms with E-state index in [1.807, 2.05) is 0 Å². The van der Waals surface area contributed by atoms with Crippen LogP contribution in [0.4, 0.5) is 0 Å². The van der Waals surface area contributed by atoms with Crippen molar-refractivity contribution in [3.8, 4) is 0 Å². The molecule has 3 unspecified atom stereocenters. The van der Waals surface area contributed by atoms with E-state index in [1.165, 1.54) is 51.4 Å². The SMILES string of the molecule is CC(C)C1CC(C(C)C)C2CCCCCCC/C=C\C=C\12. The van der Waals surface area contributed by atoms with Gasteiger partial charge in [0.25, 0.3) is 0 Å². The van der Waals surface area contributed by atoms with Crippen LogP contribution >= 0.6 is 0 Å². The Morgan fingerprint density at radius 1 is 0.905 bits per heavy atom. The van der Waals surface area contributed by atoms with Gasteiger partial charge in [-0.15, -0.1) is 0 Å². The maximum atomic E-state index is 2.51. The van der Waals surface area contributed by atoms with Gasteiger partial charge in [-0.1, -0.05) is 77.2 Å². The summed E-state index contributed by atoms with van der Waals surface area (Å²) in [5.74, 6) is 4.24. The molecule has 0 heterocycles. The lowest BCUT2D eigenvalue weighted by atomic mass is 9.81. The molecule has 0 aliphatic heterocycles. The van der Waals surface area contributed by atoms with Crippen molar-refractivity contribution in [2.45, 2.75) is 79.1 Å². The zero-order valence-corrected chi connectivity index (χ0v) is 14.8. The molecule has 0 aromatic rings. The van der Waals surface area contributed by atoms with Gasteiger partial charge >= 0.3 is 0 Å². The lowest BCUT2D eigenvalue weighted by Crippen LogP contribution is -2.15. The van der Waals surface area contributed by atoms with Crippen LogP contribution in [0.1, 0.15) is 79.1 Å². The Morgan fingerprint density at radius 2 is 1.62 bits per heavy atom. The van der Waals surface area contributed by atoms with Crippen LogP contribution < -0.4 is 0 Å². The zero-order valence-electron chi connectivity index (χ0n) is 14.8. The fourth-order valence-corrected chi connectivity index (χ4v) is 4.57. The molecule has 0 spiro atoms. The minimum atomic E-state index is 0.795. The lowest BCUT2D eigenvalue weighted by molar-refractivity contribution is 0.283. The van der Waals surface area contributed by atoms with Gasteiger partial charge in [-0.05, 0) is 55.3 Å². The Hall–Kier alpha value is -0.520. The molecule has 120 valence electrons. The van der Waals surface area contributed by atoms with Gasteiger partial charge in [0.15, 0.2) is 0 Å². The highest BCUT2D eigenvalue weighted by Crippen LogP contribution is 2.49. The molecule has 2 rings (SSSR count). The molecular formula is C21H36. The van der Waals surface area contributed by atoms with Gasteiger partial charge in [0, 0.05) is 0 Å². The highest BCUT2D eigenvalue weighted by atomic mass is 14.4. The Kier molecular flexibility index (Phi) is 6.58. The number of hydrogen-bond donors (Lipinski definition) is 0. The maximum Gasteiger partial charge on any atom is -0.0166 e. The van der Waals surface area contributed by atoms with Crippen molar-refractivity contribution in [1.29, 1.82) is 0 Å². The maximum absolute atomic E-state index is 2.51. The van der Waals surface area contributed by atoms with Gasteiger partial charge in [0.1, 0.15) is 0 Å². The van der Waals surface area contributed by atoms with E-state index in [0.29, 0.717) is 0 Å². The Labute approximate surface area is 133 Å². The number of fused-ring (bicyclic) bond motifs is 1. The number of allylic oxidation sites excluding steroid dienone is 4. The fourth-order valence-electron chi connectivity index (χ4n) is 4.57. The van der Waals surface area contributed by atoms with Crippen LogP contribution in [0.2, 0.25) is 0 Å². The second-order valence-corrected chi connectivity index (χ2v) is 8.04. The van der Waals surface area contributed by atoms with E-state index in [4.69, 9.17) is 0 Å². The van der Waals surface area contributed by atoms with Crippen LogP contribution in [-0.2, 0) is 0 Å². The fraction of sp³-hybridized carbons (Fsp3) is 0.810. The molecule has 0 saturated heterocycles. The molecule has 2 aliphatic carbocycles. The molecular weight excluding hydrogens is 252 g/mol. The Morgan fingerprint density at radius 3 is 2.33 bits per heavy atom. The van der Waals surface area contributed by atoms with Crippen molar-refractivity contribution in [3.05, 3.63) is 23.8 Å². The summed E-state index contributed by atoms with van der Waals surface area (Å²) in [6.07, 6.45) is 18.6. The third-order valence-electron chi connectivity index (χ3n) is 5.87. The summed E-state index contributed by atoms with van der Waals surface area (Å²) in [6, 6.07) is 0. The molecule has 2 aliphatic rings. The van der Waals surface area contributed by atoms with Crippen molar-refractivity contribution in [2.75, 3.05) is 0 Å². The van der Waals surface area contributed by atoms with Crippen molar-refractivity contribution < 1.29 is 0 Å². The van der Waals surface area contributed by atoms with E-state index in [1.54, 1.807) is 5.57 Å². The van der Waals surface area contributed by atoms with E-state index in [2.05, 4.69) is 45.9 Å². The molecule has 0 heteroatoms.